The van der Waals surface area contributed by atoms with Crippen LogP contribution in [0.3, 0.4) is 0 Å². The maximum absolute atomic E-state index is 13.3. The van der Waals surface area contributed by atoms with Crippen LogP contribution in [0.1, 0.15) is 46.1 Å². The molecule has 44 heavy (non-hydrogen) atoms. The van der Waals surface area contributed by atoms with Crippen LogP contribution in [-0.2, 0) is 16.4 Å². The van der Waals surface area contributed by atoms with Crippen molar-refractivity contribution in [3.8, 4) is 0 Å². The van der Waals surface area contributed by atoms with Crippen LogP contribution < -0.4 is 4.49 Å². The molecule has 230 valence electrons. The third kappa shape index (κ3) is 7.03. The van der Waals surface area contributed by atoms with Gasteiger partial charge in [-0.3, -0.25) is 0 Å². The van der Waals surface area contributed by atoms with Crippen LogP contribution in [0.5, 0.6) is 0 Å². The van der Waals surface area contributed by atoms with Crippen molar-refractivity contribution in [2.45, 2.75) is 51.9 Å². The van der Waals surface area contributed by atoms with Crippen LogP contribution in [0.15, 0.2) is 110 Å². The lowest BCUT2D eigenvalue weighted by Gasteiger charge is -2.13. The molecule has 0 bridgehead atoms. The fourth-order valence-electron chi connectivity index (χ4n) is 5.44. The van der Waals surface area contributed by atoms with Crippen LogP contribution >= 0.6 is 8.16 Å². The van der Waals surface area contributed by atoms with Crippen molar-refractivity contribution >= 4 is 61.7 Å². The molecule has 0 atom stereocenters. The Morgan fingerprint density at radius 2 is 1.16 bits per heavy atom. The second kappa shape index (κ2) is 14.4. The molecule has 0 amide bonds. The zero-order chi connectivity index (χ0) is 31.1. The molecule has 0 aliphatic rings. The van der Waals surface area contributed by atoms with Crippen molar-refractivity contribution in [3.05, 3.63) is 103 Å². The highest BCUT2D eigenvalue weighted by atomic mass is 32.2. The van der Waals surface area contributed by atoms with Crippen LogP contribution in [0.25, 0.3) is 43.5 Å². The minimum atomic E-state index is -3.87. The molecule has 1 N–H and O–H groups in total. The Hall–Kier alpha value is -3.61. The Kier molecular flexibility index (Phi) is 10.4. The smallest absolute Gasteiger partial charge is 0.321 e. The van der Waals surface area contributed by atoms with Gasteiger partial charge in [0.05, 0.1) is 4.90 Å². The molecule has 5 aromatic carbocycles. The molecule has 6 rings (SSSR count). The number of sulfonamides is 1. The van der Waals surface area contributed by atoms with Crippen molar-refractivity contribution in [1.29, 1.82) is 0 Å². The Labute approximate surface area is 261 Å². The zero-order valence-electron chi connectivity index (χ0n) is 25.9. The maximum atomic E-state index is 13.3. The molecule has 1 aromatic heterocycles. The molecule has 0 unspecified atom stereocenters. The number of hydrogen-bond acceptors (Lipinski definition) is 5. The van der Waals surface area contributed by atoms with E-state index in [1.54, 1.807) is 12.1 Å². The van der Waals surface area contributed by atoms with Crippen molar-refractivity contribution in [2.24, 2.45) is 0 Å². The number of unbranched alkanes of at least 4 members (excludes halogenated alkanes) is 1. The molecule has 0 saturated heterocycles. The van der Waals surface area contributed by atoms with Gasteiger partial charge in [-0.2, -0.15) is 0 Å². The lowest BCUT2D eigenvalue weighted by molar-refractivity contribution is 0.321. The Morgan fingerprint density at radius 1 is 0.659 bits per heavy atom. The van der Waals surface area contributed by atoms with Gasteiger partial charge >= 0.3 is 8.16 Å². The molecular weight excluding hydrogens is 587 g/mol. The molecule has 0 spiro atoms. The average Bonchev–Trinajstić information content (AvgIpc) is 3.21. The highest BCUT2D eigenvalue weighted by Gasteiger charge is 2.19. The number of aryl methyl sites for hydroxylation is 1. The first-order valence-electron chi connectivity index (χ1n) is 15.4. The quantitative estimate of drug-likeness (QED) is 0.172. The van der Waals surface area contributed by atoms with Gasteiger partial charge in [-0.15, -0.1) is 4.49 Å². The van der Waals surface area contributed by atoms with E-state index in [0.29, 0.717) is 11.2 Å². The van der Waals surface area contributed by atoms with E-state index in [1.807, 2.05) is 60.7 Å². The summed E-state index contributed by atoms with van der Waals surface area (Å²) in [7, 11) is -5.92. The van der Waals surface area contributed by atoms with Crippen molar-refractivity contribution < 1.29 is 16.8 Å². The summed E-state index contributed by atoms with van der Waals surface area (Å²) in [6, 6.07) is 31.0. The molecule has 1 heterocycles. The third-order valence-corrected chi connectivity index (χ3v) is 11.2. The second-order valence-electron chi connectivity index (χ2n) is 10.7. The van der Waals surface area contributed by atoms with E-state index >= 15 is 0 Å². The first-order valence-corrected chi connectivity index (χ1v) is 18.1. The molecule has 0 fully saturated rings. The Morgan fingerprint density at radius 3 is 1.61 bits per heavy atom. The summed E-state index contributed by atoms with van der Waals surface area (Å²) >= 11 is 0. The van der Waals surface area contributed by atoms with Crippen LogP contribution in [0.4, 0.5) is 0 Å². The lowest BCUT2D eigenvalue weighted by atomic mass is 9.99. The Bertz CT molecular complexity index is 1910. The fraction of sp³-hybridized carbons (Fsp3) is 0.278. The minimum Gasteiger partial charge on any atom is -0.407 e. The highest BCUT2D eigenvalue weighted by Crippen LogP contribution is 2.40. The summed E-state index contributed by atoms with van der Waals surface area (Å²) in [5.41, 5.74) is 2.28. The van der Waals surface area contributed by atoms with Crippen LogP contribution in [-0.4, -0.2) is 33.0 Å². The SMILES string of the molecule is CCCCc1ccc(S(=O)(=O)Np2oc3ccc4ccccc4c3c3c(ccc4ccccc43)o2)cc1.CCN(CC)CC. The van der Waals surface area contributed by atoms with E-state index in [0.717, 1.165) is 57.1 Å². The van der Waals surface area contributed by atoms with Crippen molar-refractivity contribution in [2.75, 3.05) is 24.1 Å². The average molecular weight is 629 g/mol. The summed E-state index contributed by atoms with van der Waals surface area (Å²) in [5.74, 6) is 0. The molecule has 0 aliphatic carbocycles. The maximum Gasteiger partial charge on any atom is 0.321 e. The van der Waals surface area contributed by atoms with Gasteiger partial charge in [-0.05, 0) is 83.8 Å². The normalized spacial score (nSPS) is 11.8. The predicted octanol–water partition coefficient (Wildman–Crippen LogP) is 10.2. The van der Waals surface area contributed by atoms with Gasteiger partial charge in [0.2, 0.25) is 0 Å². The van der Waals surface area contributed by atoms with E-state index in [1.165, 1.54) is 19.6 Å². The summed E-state index contributed by atoms with van der Waals surface area (Å²) in [5, 5.41) is 5.97. The second-order valence-corrected chi connectivity index (χ2v) is 13.8. The number of nitrogens with one attached hydrogen (secondary N) is 1. The van der Waals surface area contributed by atoms with Gasteiger partial charge in [0.25, 0.3) is 10.0 Å². The van der Waals surface area contributed by atoms with E-state index in [2.05, 4.69) is 61.4 Å². The van der Waals surface area contributed by atoms with Crippen molar-refractivity contribution in [3.63, 3.8) is 0 Å². The summed E-state index contributed by atoms with van der Waals surface area (Å²) in [6.07, 6.45) is 3.09. The third-order valence-electron chi connectivity index (χ3n) is 7.98. The number of nitrogens with zero attached hydrogens (tertiary/aromatic N) is 1. The van der Waals surface area contributed by atoms with Crippen LogP contribution in [0.2, 0.25) is 0 Å². The van der Waals surface area contributed by atoms with Crippen molar-refractivity contribution in [1.82, 2.24) is 4.90 Å². The van der Waals surface area contributed by atoms with Gasteiger partial charge < -0.3 is 13.3 Å². The number of benzene rings is 5. The molecule has 0 radical (unpaired) electrons. The standard InChI is InChI=1S/C30H26NO4PS.C6H15N/c1-2-3-8-21-13-17-24(18-14-21)37(32,33)31-36-34-27-19-15-22-9-4-6-11-25(22)29(27)30-26-12-7-5-10-23(26)16-20-28(30)35-36;1-4-7(5-2)6-3/h4-7,9-20,31H,2-3,8H2,1H3;4-6H2,1-3H3. The highest BCUT2D eigenvalue weighted by molar-refractivity contribution is 7.97. The molecular formula is C36H41N2O4PS. The summed E-state index contributed by atoms with van der Waals surface area (Å²) in [6.45, 7) is 12.3. The van der Waals surface area contributed by atoms with Gasteiger partial charge in [0, 0.05) is 10.8 Å². The molecule has 0 saturated carbocycles. The summed E-state index contributed by atoms with van der Waals surface area (Å²) in [4.78, 5) is 2.56. The van der Waals surface area contributed by atoms with E-state index in [-0.39, 0.29) is 4.90 Å². The molecule has 6 aromatic rings. The van der Waals surface area contributed by atoms with Gasteiger partial charge in [-0.1, -0.05) is 107 Å². The van der Waals surface area contributed by atoms with Crippen LogP contribution in [0, 0.1) is 0 Å². The monoisotopic (exact) mass is 628 g/mol. The zero-order valence-corrected chi connectivity index (χ0v) is 27.6. The van der Waals surface area contributed by atoms with E-state index in [4.69, 9.17) is 8.39 Å². The fourth-order valence-corrected chi connectivity index (χ4v) is 8.14. The van der Waals surface area contributed by atoms with Gasteiger partial charge in [0.15, 0.2) is 0 Å². The summed E-state index contributed by atoms with van der Waals surface area (Å²) < 4.78 is 41.9. The first-order chi connectivity index (χ1) is 21.4. The predicted molar refractivity (Wildman–Crippen MR) is 186 cm³/mol. The van der Waals surface area contributed by atoms with E-state index in [9.17, 15) is 8.42 Å². The molecule has 6 nitrogen and oxygen atoms in total. The number of hydrogen-bond donors (Lipinski definition) is 1. The largest absolute Gasteiger partial charge is 0.407 e. The number of fused-ring (bicyclic) bond motifs is 7. The van der Waals surface area contributed by atoms with E-state index < -0.39 is 18.2 Å². The van der Waals surface area contributed by atoms with Gasteiger partial charge in [-0.25, -0.2) is 8.42 Å². The first kappa shape index (κ1) is 31.8. The Balaban J connectivity index is 0.000000493. The molecule has 0 aliphatic heterocycles. The van der Waals surface area contributed by atoms with Gasteiger partial charge in [0.1, 0.15) is 11.2 Å². The number of rotatable bonds is 9. The minimum absolute atomic E-state index is 0.184. The topological polar surface area (TPSA) is 75.7 Å². The molecule has 8 heteroatoms. The lowest BCUT2D eigenvalue weighted by Crippen LogP contribution is -2.21.